The third-order valence-corrected chi connectivity index (χ3v) is 7.27. The Labute approximate surface area is 149 Å². The Balaban J connectivity index is 1.80. The summed E-state index contributed by atoms with van der Waals surface area (Å²) in [7, 11) is -3.54. The summed E-state index contributed by atoms with van der Waals surface area (Å²) in [5.74, 6) is -0.247. The van der Waals surface area contributed by atoms with Gasteiger partial charge in [0.2, 0.25) is 10.0 Å². The number of amides is 1. The van der Waals surface area contributed by atoms with Crippen molar-refractivity contribution in [2.45, 2.75) is 55.4 Å². The molecule has 0 unspecified atom stereocenters. The zero-order valence-electron chi connectivity index (χ0n) is 14.5. The van der Waals surface area contributed by atoms with Gasteiger partial charge in [-0.1, -0.05) is 25.3 Å². The molecular weight excluding hydrogens is 338 g/mol. The SMILES string of the molecule is NCC1(NC(=O)c2cccc(S(=O)(=O)N3CCCCC3)c2)CCCC1. The predicted octanol–water partition coefficient (Wildman–Crippen LogP) is 1.86. The highest BCUT2D eigenvalue weighted by Gasteiger charge is 2.34. The van der Waals surface area contributed by atoms with E-state index in [-0.39, 0.29) is 16.3 Å². The van der Waals surface area contributed by atoms with E-state index in [1.165, 1.54) is 10.4 Å². The summed E-state index contributed by atoms with van der Waals surface area (Å²) in [6.45, 7) is 1.51. The van der Waals surface area contributed by atoms with Gasteiger partial charge in [-0.2, -0.15) is 4.31 Å². The maximum Gasteiger partial charge on any atom is 0.251 e. The Morgan fingerprint density at radius 3 is 2.44 bits per heavy atom. The molecule has 0 aromatic heterocycles. The van der Waals surface area contributed by atoms with E-state index in [9.17, 15) is 13.2 Å². The predicted molar refractivity (Wildman–Crippen MR) is 96.8 cm³/mol. The van der Waals surface area contributed by atoms with Gasteiger partial charge in [0, 0.05) is 25.2 Å². The Morgan fingerprint density at radius 1 is 1.12 bits per heavy atom. The Kier molecular flexibility index (Phi) is 5.46. The van der Waals surface area contributed by atoms with E-state index in [0.29, 0.717) is 25.2 Å². The topological polar surface area (TPSA) is 92.5 Å². The van der Waals surface area contributed by atoms with Crippen LogP contribution in [-0.2, 0) is 10.0 Å². The Bertz CT molecular complexity index is 721. The van der Waals surface area contributed by atoms with E-state index in [1.807, 2.05) is 0 Å². The molecule has 0 bridgehead atoms. The average molecular weight is 365 g/mol. The quantitative estimate of drug-likeness (QED) is 0.833. The van der Waals surface area contributed by atoms with Gasteiger partial charge < -0.3 is 11.1 Å². The van der Waals surface area contributed by atoms with Crippen LogP contribution in [-0.4, -0.2) is 43.8 Å². The smallest absolute Gasteiger partial charge is 0.251 e. The molecule has 1 heterocycles. The van der Waals surface area contributed by atoms with E-state index in [0.717, 1.165) is 44.9 Å². The van der Waals surface area contributed by atoms with Crippen LogP contribution in [0.4, 0.5) is 0 Å². The minimum atomic E-state index is -3.54. The lowest BCUT2D eigenvalue weighted by Crippen LogP contribution is -2.51. The van der Waals surface area contributed by atoms with Crippen molar-refractivity contribution in [3.8, 4) is 0 Å². The number of hydrogen-bond donors (Lipinski definition) is 2. The fourth-order valence-electron chi connectivity index (χ4n) is 3.80. The largest absolute Gasteiger partial charge is 0.345 e. The monoisotopic (exact) mass is 365 g/mol. The highest BCUT2D eigenvalue weighted by atomic mass is 32.2. The molecule has 1 aromatic rings. The van der Waals surface area contributed by atoms with Crippen LogP contribution in [0.25, 0.3) is 0 Å². The first-order chi connectivity index (χ1) is 12.0. The third kappa shape index (κ3) is 3.88. The number of nitrogens with zero attached hydrogens (tertiary/aromatic N) is 1. The first-order valence-electron chi connectivity index (χ1n) is 9.10. The minimum Gasteiger partial charge on any atom is -0.345 e. The number of nitrogens with one attached hydrogen (secondary N) is 1. The van der Waals surface area contributed by atoms with Crippen LogP contribution in [0.2, 0.25) is 0 Å². The van der Waals surface area contributed by atoms with Crippen LogP contribution in [0.3, 0.4) is 0 Å². The highest BCUT2D eigenvalue weighted by Crippen LogP contribution is 2.29. The molecule has 3 rings (SSSR count). The van der Waals surface area contributed by atoms with Crippen LogP contribution < -0.4 is 11.1 Å². The molecule has 3 N–H and O–H groups in total. The zero-order chi connectivity index (χ0) is 17.9. The van der Waals surface area contributed by atoms with Crippen molar-refractivity contribution in [1.82, 2.24) is 9.62 Å². The highest BCUT2D eigenvalue weighted by molar-refractivity contribution is 7.89. The summed E-state index contributed by atoms with van der Waals surface area (Å²) in [6.07, 6.45) is 6.70. The average Bonchev–Trinajstić information content (AvgIpc) is 3.11. The number of sulfonamides is 1. The molecular formula is C18H27N3O3S. The fourth-order valence-corrected chi connectivity index (χ4v) is 5.36. The van der Waals surface area contributed by atoms with Gasteiger partial charge in [-0.05, 0) is 43.9 Å². The summed E-state index contributed by atoms with van der Waals surface area (Å²) >= 11 is 0. The molecule has 138 valence electrons. The van der Waals surface area contributed by atoms with E-state index in [4.69, 9.17) is 5.73 Å². The lowest BCUT2D eigenvalue weighted by atomic mass is 9.97. The van der Waals surface area contributed by atoms with Crippen molar-refractivity contribution in [2.75, 3.05) is 19.6 Å². The molecule has 0 radical (unpaired) electrons. The number of piperidine rings is 1. The van der Waals surface area contributed by atoms with E-state index >= 15 is 0 Å². The van der Waals surface area contributed by atoms with Crippen molar-refractivity contribution in [2.24, 2.45) is 5.73 Å². The number of hydrogen-bond acceptors (Lipinski definition) is 4. The van der Waals surface area contributed by atoms with Crippen LogP contribution >= 0.6 is 0 Å². The lowest BCUT2D eigenvalue weighted by molar-refractivity contribution is 0.0903. The van der Waals surface area contributed by atoms with Crippen molar-refractivity contribution >= 4 is 15.9 Å². The molecule has 1 amide bonds. The van der Waals surface area contributed by atoms with Crippen LogP contribution in [0.5, 0.6) is 0 Å². The van der Waals surface area contributed by atoms with Crippen LogP contribution in [0.1, 0.15) is 55.3 Å². The van der Waals surface area contributed by atoms with E-state index in [1.54, 1.807) is 18.2 Å². The van der Waals surface area contributed by atoms with Gasteiger partial charge in [-0.25, -0.2) is 8.42 Å². The van der Waals surface area contributed by atoms with Gasteiger partial charge in [0.05, 0.1) is 10.4 Å². The molecule has 1 aliphatic carbocycles. The second-order valence-corrected chi connectivity index (χ2v) is 9.08. The number of carbonyl (C=O) groups excluding carboxylic acids is 1. The lowest BCUT2D eigenvalue weighted by Gasteiger charge is -2.29. The van der Waals surface area contributed by atoms with Crippen LogP contribution in [0.15, 0.2) is 29.2 Å². The van der Waals surface area contributed by atoms with Gasteiger partial charge >= 0.3 is 0 Å². The standard InChI is InChI=1S/C18H27N3O3S/c19-14-18(9-2-3-10-18)20-17(22)15-7-6-8-16(13-15)25(23,24)21-11-4-1-5-12-21/h6-8,13H,1-5,9-12,14,19H2,(H,20,22). The van der Waals surface area contributed by atoms with Gasteiger partial charge in [-0.15, -0.1) is 0 Å². The third-order valence-electron chi connectivity index (χ3n) is 5.38. The molecule has 6 nitrogen and oxygen atoms in total. The van der Waals surface area contributed by atoms with Gasteiger partial charge in [0.1, 0.15) is 0 Å². The van der Waals surface area contributed by atoms with Crippen molar-refractivity contribution < 1.29 is 13.2 Å². The summed E-state index contributed by atoms with van der Waals surface area (Å²) in [6, 6.07) is 6.34. The maximum atomic E-state index is 12.8. The normalized spacial score (nSPS) is 21.2. The molecule has 2 aliphatic rings. The van der Waals surface area contributed by atoms with E-state index in [2.05, 4.69) is 5.32 Å². The molecule has 1 aromatic carbocycles. The molecule has 2 fully saturated rings. The minimum absolute atomic E-state index is 0.190. The zero-order valence-corrected chi connectivity index (χ0v) is 15.4. The summed E-state index contributed by atoms with van der Waals surface area (Å²) in [5.41, 5.74) is 5.90. The van der Waals surface area contributed by atoms with E-state index < -0.39 is 10.0 Å². The summed E-state index contributed by atoms with van der Waals surface area (Å²) < 4.78 is 27.1. The second kappa shape index (κ2) is 7.43. The van der Waals surface area contributed by atoms with Gasteiger partial charge in [0.25, 0.3) is 5.91 Å². The second-order valence-electron chi connectivity index (χ2n) is 7.14. The summed E-state index contributed by atoms with van der Waals surface area (Å²) in [4.78, 5) is 12.8. The number of nitrogens with two attached hydrogens (primary N) is 1. The maximum absolute atomic E-state index is 12.8. The fraction of sp³-hybridized carbons (Fsp3) is 0.611. The molecule has 1 saturated carbocycles. The Hall–Kier alpha value is -1.44. The van der Waals surface area contributed by atoms with Crippen LogP contribution in [0, 0.1) is 0 Å². The Morgan fingerprint density at radius 2 is 1.80 bits per heavy atom. The molecule has 0 spiro atoms. The van der Waals surface area contributed by atoms with Gasteiger partial charge in [0.15, 0.2) is 0 Å². The molecule has 7 heteroatoms. The molecule has 25 heavy (non-hydrogen) atoms. The first kappa shape index (κ1) is 18.4. The molecule has 0 atom stereocenters. The first-order valence-corrected chi connectivity index (χ1v) is 10.5. The molecule has 1 aliphatic heterocycles. The van der Waals surface area contributed by atoms with Crippen molar-refractivity contribution in [3.05, 3.63) is 29.8 Å². The van der Waals surface area contributed by atoms with Gasteiger partial charge in [-0.3, -0.25) is 4.79 Å². The summed E-state index contributed by atoms with van der Waals surface area (Å²) in [5, 5.41) is 3.04. The van der Waals surface area contributed by atoms with Crippen molar-refractivity contribution in [3.63, 3.8) is 0 Å². The molecule has 1 saturated heterocycles. The number of carbonyl (C=O) groups is 1. The number of rotatable bonds is 5. The van der Waals surface area contributed by atoms with Crippen molar-refractivity contribution in [1.29, 1.82) is 0 Å². The number of benzene rings is 1.